The van der Waals surface area contributed by atoms with Gasteiger partial charge in [-0.1, -0.05) is 18.6 Å². The summed E-state index contributed by atoms with van der Waals surface area (Å²) in [6.07, 6.45) is 6.52. The Labute approximate surface area is 89.7 Å². The van der Waals surface area contributed by atoms with Crippen molar-refractivity contribution in [1.82, 2.24) is 0 Å². The second kappa shape index (κ2) is 4.62. The van der Waals surface area contributed by atoms with E-state index < -0.39 is 8.32 Å². The topological polar surface area (TPSA) is 9.23 Å². The molecule has 0 aromatic heterocycles. The van der Waals surface area contributed by atoms with Gasteiger partial charge in [0.1, 0.15) is 0 Å². The fourth-order valence-corrected chi connectivity index (χ4v) is 3.18. The minimum Gasteiger partial charge on any atom is -0.414 e. The molecule has 1 nitrogen and oxygen atoms in total. The van der Waals surface area contributed by atoms with Gasteiger partial charge >= 0.3 is 0 Å². The van der Waals surface area contributed by atoms with Crippen LogP contribution in [0.2, 0.25) is 19.6 Å². The van der Waals surface area contributed by atoms with Gasteiger partial charge in [-0.3, -0.25) is 0 Å². The third kappa shape index (κ3) is 3.97. The van der Waals surface area contributed by atoms with E-state index in [4.69, 9.17) is 4.43 Å². The molecule has 1 aliphatic carbocycles. The van der Waals surface area contributed by atoms with Crippen molar-refractivity contribution in [3.8, 4) is 0 Å². The van der Waals surface area contributed by atoms with E-state index in [1.807, 2.05) is 0 Å². The van der Waals surface area contributed by atoms with Gasteiger partial charge in [-0.25, -0.2) is 0 Å². The highest BCUT2D eigenvalue weighted by Crippen LogP contribution is 2.27. The monoisotopic (exact) mass is 212 g/mol. The third-order valence-electron chi connectivity index (χ3n) is 2.80. The third-order valence-corrected chi connectivity index (χ3v) is 3.81. The van der Waals surface area contributed by atoms with Crippen LogP contribution in [0, 0.1) is 5.92 Å². The molecule has 0 bridgehead atoms. The largest absolute Gasteiger partial charge is 0.414 e. The summed E-state index contributed by atoms with van der Waals surface area (Å²) in [6.45, 7) is 11.4. The van der Waals surface area contributed by atoms with Crippen molar-refractivity contribution in [1.29, 1.82) is 0 Å². The second-order valence-corrected chi connectivity index (χ2v) is 10.0. The summed E-state index contributed by atoms with van der Waals surface area (Å²) >= 11 is 0. The van der Waals surface area contributed by atoms with Gasteiger partial charge in [0.05, 0.1) is 0 Å². The first-order valence-corrected chi connectivity index (χ1v) is 9.13. The Balaban J connectivity index is 2.54. The van der Waals surface area contributed by atoms with Crippen molar-refractivity contribution in [2.75, 3.05) is 0 Å². The van der Waals surface area contributed by atoms with E-state index in [-0.39, 0.29) is 0 Å². The molecule has 14 heavy (non-hydrogen) atoms. The molecule has 0 N–H and O–H groups in total. The Kier molecular flexibility index (Phi) is 3.96. The smallest absolute Gasteiger partial charge is 0.184 e. The maximum Gasteiger partial charge on any atom is 0.184 e. The first kappa shape index (κ1) is 12.0. The van der Waals surface area contributed by atoms with Crippen molar-refractivity contribution in [2.24, 2.45) is 5.92 Å². The lowest BCUT2D eigenvalue weighted by molar-refractivity contribution is 0.130. The first-order chi connectivity index (χ1) is 6.38. The molecule has 2 heteroatoms. The van der Waals surface area contributed by atoms with Gasteiger partial charge < -0.3 is 4.43 Å². The van der Waals surface area contributed by atoms with Crippen LogP contribution in [0.5, 0.6) is 0 Å². The van der Waals surface area contributed by atoms with Gasteiger partial charge in [0.2, 0.25) is 0 Å². The summed E-state index contributed by atoms with van der Waals surface area (Å²) in [6, 6.07) is 0. The number of hydrogen-bond donors (Lipinski definition) is 0. The zero-order valence-corrected chi connectivity index (χ0v) is 11.3. The fraction of sp³-hybridized carbons (Fsp3) is 0.833. The molecule has 1 rings (SSSR count). The number of allylic oxidation sites excluding steroid dienone is 2. The lowest BCUT2D eigenvalue weighted by atomic mass is 10.0. The van der Waals surface area contributed by atoms with Crippen molar-refractivity contribution in [3.63, 3.8) is 0 Å². The minimum atomic E-state index is -1.35. The average Bonchev–Trinajstić information content (AvgIpc) is 2.17. The van der Waals surface area contributed by atoms with Gasteiger partial charge in [-0.05, 0) is 51.7 Å². The zero-order valence-electron chi connectivity index (χ0n) is 10.3. The molecule has 2 atom stereocenters. The summed E-state index contributed by atoms with van der Waals surface area (Å²) in [5.41, 5.74) is 1.54. The highest BCUT2D eigenvalue weighted by Gasteiger charge is 2.26. The van der Waals surface area contributed by atoms with E-state index in [2.05, 4.69) is 39.6 Å². The molecule has 0 saturated carbocycles. The molecule has 0 aromatic carbocycles. The van der Waals surface area contributed by atoms with E-state index in [0.29, 0.717) is 12.0 Å². The van der Waals surface area contributed by atoms with Crippen LogP contribution < -0.4 is 0 Å². The van der Waals surface area contributed by atoms with E-state index >= 15 is 0 Å². The van der Waals surface area contributed by atoms with Gasteiger partial charge in [0.25, 0.3) is 0 Å². The van der Waals surface area contributed by atoms with Crippen LogP contribution in [0.25, 0.3) is 0 Å². The Bertz CT molecular complexity index is 215. The Morgan fingerprint density at radius 3 is 2.57 bits per heavy atom. The molecular weight excluding hydrogens is 188 g/mol. The quantitative estimate of drug-likeness (QED) is 0.497. The Morgan fingerprint density at radius 2 is 2.00 bits per heavy atom. The van der Waals surface area contributed by atoms with Crippen LogP contribution in [0.15, 0.2) is 11.6 Å². The highest BCUT2D eigenvalue weighted by molar-refractivity contribution is 6.69. The van der Waals surface area contributed by atoms with Crippen LogP contribution in [0.4, 0.5) is 0 Å². The Morgan fingerprint density at radius 1 is 1.36 bits per heavy atom. The maximum absolute atomic E-state index is 6.22. The predicted molar refractivity (Wildman–Crippen MR) is 65.0 cm³/mol. The SMILES string of the molecule is CC1=CCC(C)C(O[Si](C)(C)C)CC1. The zero-order chi connectivity index (χ0) is 10.8. The van der Waals surface area contributed by atoms with Gasteiger partial charge in [-0.2, -0.15) is 0 Å². The van der Waals surface area contributed by atoms with E-state index in [1.54, 1.807) is 5.57 Å². The number of hydrogen-bond acceptors (Lipinski definition) is 1. The highest BCUT2D eigenvalue weighted by atomic mass is 28.4. The molecule has 0 aromatic rings. The summed E-state index contributed by atoms with van der Waals surface area (Å²) < 4.78 is 6.22. The molecule has 0 fully saturated rings. The minimum absolute atomic E-state index is 0.496. The molecule has 0 saturated heterocycles. The van der Waals surface area contributed by atoms with Gasteiger partial charge in [0, 0.05) is 6.10 Å². The molecule has 0 aliphatic heterocycles. The van der Waals surface area contributed by atoms with Crippen LogP contribution >= 0.6 is 0 Å². The number of rotatable bonds is 2. The van der Waals surface area contributed by atoms with Crippen molar-refractivity contribution >= 4 is 8.32 Å². The molecule has 0 heterocycles. The molecule has 2 unspecified atom stereocenters. The molecule has 0 radical (unpaired) electrons. The predicted octanol–water partition coefficient (Wildman–Crippen LogP) is 3.97. The van der Waals surface area contributed by atoms with E-state index in [1.165, 1.54) is 19.3 Å². The van der Waals surface area contributed by atoms with Gasteiger partial charge in [-0.15, -0.1) is 0 Å². The standard InChI is InChI=1S/C12H24OSi/c1-10-6-8-11(2)12(9-7-10)13-14(3,4)5/h6,11-12H,7-9H2,1-5H3. The Hall–Kier alpha value is -0.0831. The first-order valence-electron chi connectivity index (χ1n) is 5.72. The summed E-state index contributed by atoms with van der Waals surface area (Å²) in [4.78, 5) is 0. The second-order valence-electron chi connectivity index (χ2n) is 5.57. The summed E-state index contributed by atoms with van der Waals surface area (Å²) in [7, 11) is -1.35. The maximum atomic E-state index is 6.22. The lowest BCUT2D eigenvalue weighted by Crippen LogP contribution is -2.35. The molecular formula is C12H24OSi. The molecule has 1 aliphatic rings. The molecule has 0 spiro atoms. The molecule has 0 amide bonds. The average molecular weight is 212 g/mol. The van der Waals surface area contributed by atoms with Crippen LogP contribution in [0.3, 0.4) is 0 Å². The fourth-order valence-electron chi connectivity index (χ4n) is 1.92. The van der Waals surface area contributed by atoms with Crippen LogP contribution in [0.1, 0.15) is 33.1 Å². The normalized spacial score (nSPS) is 29.6. The van der Waals surface area contributed by atoms with Crippen molar-refractivity contribution in [3.05, 3.63) is 11.6 Å². The van der Waals surface area contributed by atoms with Crippen LogP contribution in [-0.2, 0) is 4.43 Å². The summed E-state index contributed by atoms with van der Waals surface area (Å²) in [5.74, 6) is 0.694. The van der Waals surface area contributed by atoms with Crippen LogP contribution in [-0.4, -0.2) is 14.4 Å². The van der Waals surface area contributed by atoms with Gasteiger partial charge in [0.15, 0.2) is 8.32 Å². The van der Waals surface area contributed by atoms with Crippen molar-refractivity contribution in [2.45, 2.75) is 58.9 Å². The van der Waals surface area contributed by atoms with E-state index in [0.717, 1.165) is 0 Å². The summed E-state index contributed by atoms with van der Waals surface area (Å²) in [5, 5.41) is 0. The van der Waals surface area contributed by atoms with Crippen molar-refractivity contribution < 1.29 is 4.43 Å². The lowest BCUT2D eigenvalue weighted by Gasteiger charge is -2.29. The molecule has 82 valence electrons. The van der Waals surface area contributed by atoms with E-state index in [9.17, 15) is 0 Å².